The van der Waals surface area contributed by atoms with E-state index in [2.05, 4.69) is 13.8 Å². The van der Waals surface area contributed by atoms with E-state index in [4.69, 9.17) is 5.73 Å². The fourth-order valence-corrected chi connectivity index (χ4v) is 3.26. The van der Waals surface area contributed by atoms with Crippen molar-refractivity contribution >= 4 is 22.9 Å². The molecule has 0 saturated carbocycles. The van der Waals surface area contributed by atoms with E-state index < -0.39 is 0 Å². The molecule has 1 saturated heterocycles. The Morgan fingerprint density at radius 2 is 2.24 bits per heavy atom. The molecule has 0 aromatic carbocycles. The maximum absolute atomic E-state index is 12.4. The molecule has 3 nitrogen and oxygen atoms in total. The Morgan fingerprint density at radius 1 is 1.53 bits per heavy atom. The number of hydrogen-bond acceptors (Lipinski definition) is 3. The van der Waals surface area contributed by atoms with Crippen LogP contribution in [0, 0.1) is 12.8 Å². The van der Waals surface area contributed by atoms with E-state index in [0.29, 0.717) is 12.0 Å². The van der Waals surface area contributed by atoms with Crippen LogP contribution in [0.1, 0.15) is 41.2 Å². The first-order valence-corrected chi connectivity index (χ1v) is 6.99. The lowest BCUT2D eigenvalue weighted by Gasteiger charge is -2.37. The van der Waals surface area contributed by atoms with Gasteiger partial charge in [0.1, 0.15) is 0 Å². The zero-order chi connectivity index (χ0) is 12.6. The first kappa shape index (κ1) is 12.4. The van der Waals surface area contributed by atoms with Crippen molar-refractivity contribution in [3.05, 3.63) is 15.8 Å². The van der Waals surface area contributed by atoms with Gasteiger partial charge in [-0.1, -0.05) is 6.92 Å². The molecule has 2 unspecified atom stereocenters. The number of nitrogens with two attached hydrogens (primary N) is 1. The molecule has 0 bridgehead atoms. The Morgan fingerprint density at radius 3 is 2.82 bits per heavy atom. The molecule has 1 aliphatic heterocycles. The number of hydrogen-bond donors (Lipinski definition) is 1. The van der Waals surface area contributed by atoms with Crippen molar-refractivity contribution in [2.75, 3.05) is 12.3 Å². The van der Waals surface area contributed by atoms with Crippen LogP contribution in [0.4, 0.5) is 5.69 Å². The number of rotatable bonds is 1. The van der Waals surface area contributed by atoms with E-state index in [1.807, 2.05) is 17.9 Å². The van der Waals surface area contributed by atoms with E-state index in [-0.39, 0.29) is 5.91 Å². The average Bonchev–Trinajstić information content (AvgIpc) is 2.62. The van der Waals surface area contributed by atoms with Gasteiger partial charge in [-0.05, 0) is 38.7 Å². The Hall–Kier alpha value is -1.03. The molecule has 94 valence electrons. The van der Waals surface area contributed by atoms with Crippen molar-refractivity contribution in [3.8, 4) is 0 Å². The van der Waals surface area contributed by atoms with Crippen LogP contribution in [-0.2, 0) is 0 Å². The van der Waals surface area contributed by atoms with Crippen molar-refractivity contribution in [1.29, 1.82) is 0 Å². The van der Waals surface area contributed by atoms with Crippen LogP contribution < -0.4 is 5.73 Å². The SMILES string of the molecule is Cc1sc(C(=O)N2CCCC(C)C2C)cc1N. The standard InChI is InChI=1S/C13H20N2OS/c1-8-5-4-6-15(9(8)2)13(16)12-7-11(14)10(3)17-12/h7-9H,4-6,14H2,1-3H3. The van der Waals surface area contributed by atoms with Crippen molar-refractivity contribution in [3.63, 3.8) is 0 Å². The highest BCUT2D eigenvalue weighted by Gasteiger charge is 2.29. The number of anilines is 1. The summed E-state index contributed by atoms with van der Waals surface area (Å²) >= 11 is 1.50. The van der Waals surface area contributed by atoms with Gasteiger partial charge in [0.2, 0.25) is 0 Å². The van der Waals surface area contributed by atoms with Crippen LogP contribution in [0.2, 0.25) is 0 Å². The maximum Gasteiger partial charge on any atom is 0.264 e. The molecule has 4 heteroatoms. The molecule has 0 spiro atoms. The quantitative estimate of drug-likeness (QED) is 0.835. The van der Waals surface area contributed by atoms with E-state index >= 15 is 0 Å². The third-order valence-electron chi connectivity index (χ3n) is 3.80. The van der Waals surface area contributed by atoms with E-state index in [1.165, 1.54) is 17.8 Å². The number of likely N-dealkylation sites (tertiary alicyclic amines) is 1. The minimum Gasteiger partial charge on any atom is -0.398 e. The van der Waals surface area contributed by atoms with Gasteiger partial charge in [0.15, 0.2) is 0 Å². The molecule has 2 heterocycles. The average molecular weight is 252 g/mol. The second-order valence-corrected chi connectivity index (χ2v) is 6.24. The highest BCUT2D eigenvalue weighted by atomic mass is 32.1. The molecular formula is C13H20N2OS. The van der Waals surface area contributed by atoms with Gasteiger partial charge in [-0.15, -0.1) is 11.3 Å². The Bertz CT molecular complexity index is 408. The number of nitrogens with zero attached hydrogens (tertiary/aromatic N) is 1. The number of aryl methyl sites for hydroxylation is 1. The van der Waals surface area contributed by atoms with Crippen LogP contribution >= 0.6 is 11.3 Å². The molecule has 1 fully saturated rings. The molecule has 2 rings (SSSR count). The van der Waals surface area contributed by atoms with Gasteiger partial charge >= 0.3 is 0 Å². The monoisotopic (exact) mass is 252 g/mol. The molecule has 1 aromatic rings. The maximum atomic E-state index is 12.4. The summed E-state index contributed by atoms with van der Waals surface area (Å²) in [5.74, 6) is 0.736. The number of thiophene rings is 1. The van der Waals surface area contributed by atoms with E-state index in [9.17, 15) is 4.79 Å². The highest BCUT2D eigenvalue weighted by molar-refractivity contribution is 7.14. The zero-order valence-corrected chi connectivity index (χ0v) is 11.5. The highest BCUT2D eigenvalue weighted by Crippen LogP contribution is 2.29. The first-order valence-electron chi connectivity index (χ1n) is 6.17. The van der Waals surface area contributed by atoms with Crippen LogP contribution in [0.3, 0.4) is 0 Å². The second kappa shape index (κ2) is 4.69. The number of piperidine rings is 1. The number of carbonyl (C=O) groups is 1. The Kier molecular flexibility index (Phi) is 3.43. The van der Waals surface area contributed by atoms with Gasteiger partial charge in [0, 0.05) is 23.2 Å². The number of carbonyl (C=O) groups excluding carboxylic acids is 1. The third-order valence-corrected chi connectivity index (χ3v) is 4.86. The van der Waals surface area contributed by atoms with E-state index in [0.717, 1.165) is 28.4 Å². The summed E-state index contributed by atoms with van der Waals surface area (Å²) in [5, 5.41) is 0. The third kappa shape index (κ3) is 2.32. The zero-order valence-electron chi connectivity index (χ0n) is 10.7. The molecule has 0 aliphatic carbocycles. The minimum absolute atomic E-state index is 0.147. The second-order valence-electron chi connectivity index (χ2n) is 4.98. The van der Waals surface area contributed by atoms with Gasteiger partial charge in [0.05, 0.1) is 4.88 Å². The largest absolute Gasteiger partial charge is 0.398 e. The molecule has 0 radical (unpaired) electrons. The number of nitrogen functional groups attached to an aromatic ring is 1. The van der Waals surface area contributed by atoms with Gasteiger partial charge in [0.25, 0.3) is 5.91 Å². The molecule has 2 atom stereocenters. The number of amides is 1. The van der Waals surface area contributed by atoms with Crippen LogP contribution in [-0.4, -0.2) is 23.4 Å². The van der Waals surface area contributed by atoms with Gasteiger partial charge < -0.3 is 10.6 Å². The predicted octanol–water partition coefficient (Wildman–Crippen LogP) is 2.90. The van der Waals surface area contributed by atoms with Crippen LogP contribution in [0.25, 0.3) is 0 Å². The first-order chi connectivity index (χ1) is 8.00. The normalized spacial score (nSPS) is 25.0. The smallest absolute Gasteiger partial charge is 0.264 e. The van der Waals surface area contributed by atoms with Crippen molar-refractivity contribution in [1.82, 2.24) is 4.90 Å². The molecule has 2 N–H and O–H groups in total. The topological polar surface area (TPSA) is 46.3 Å². The summed E-state index contributed by atoms with van der Waals surface area (Å²) in [6.07, 6.45) is 2.33. The fraction of sp³-hybridized carbons (Fsp3) is 0.615. The summed E-state index contributed by atoms with van der Waals surface area (Å²) in [5.41, 5.74) is 6.54. The van der Waals surface area contributed by atoms with Crippen LogP contribution in [0.15, 0.2) is 6.07 Å². The van der Waals surface area contributed by atoms with Crippen molar-refractivity contribution in [2.24, 2.45) is 5.92 Å². The molecule has 17 heavy (non-hydrogen) atoms. The van der Waals surface area contributed by atoms with Crippen molar-refractivity contribution in [2.45, 2.75) is 39.7 Å². The van der Waals surface area contributed by atoms with E-state index in [1.54, 1.807) is 0 Å². The minimum atomic E-state index is 0.147. The summed E-state index contributed by atoms with van der Waals surface area (Å²) in [6.45, 7) is 7.20. The summed E-state index contributed by atoms with van der Waals surface area (Å²) in [6, 6.07) is 2.15. The predicted molar refractivity (Wildman–Crippen MR) is 72.4 cm³/mol. The van der Waals surface area contributed by atoms with Gasteiger partial charge in [-0.25, -0.2) is 0 Å². The molecule has 1 aromatic heterocycles. The lowest BCUT2D eigenvalue weighted by molar-refractivity contribution is 0.0556. The Labute approximate surface area is 107 Å². The summed E-state index contributed by atoms with van der Waals surface area (Å²) < 4.78 is 0. The van der Waals surface area contributed by atoms with Gasteiger partial charge in [-0.3, -0.25) is 4.79 Å². The van der Waals surface area contributed by atoms with Gasteiger partial charge in [-0.2, -0.15) is 0 Å². The summed E-state index contributed by atoms with van der Waals surface area (Å²) in [4.78, 5) is 16.2. The molecular weight excluding hydrogens is 232 g/mol. The molecule has 1 aliphatic rings. The van der Waals surface area contributed by atoms with Crippen molar-refractivity contribution < 1.29 is 4.79 Å². The van der Waals surface area contributed by atoms with Crippen LogP contribution in [0.5, 0.6) is 0 Å². The molecule has 1 amide bonds. The Balaban J connectivity index is 2.19. The lowest BCUT2D eigenvalue weighted by atomic mass is 9.92. The lowest BCUT2D eigenvalue weighted by Crippen LogP contribution is -2.45. The fourth-order valence-electron chi connectivity index (χ4n) is 2.37. The summed E-state index contributed by atoms with van der Waals surface area (Å²) in [7, 11) is 0.